The lowest BCUT2D eigenvalue weighted by Gasteiger charge is -2.16. The van der Waals surface area contributed by atoms with E-state index in [1.54, 1.807) is 0 Å². The van der Waals surface area contributed by atoms with Crippen molar-refractivity contribution in [3.05, 3.63) is 29.3 Å². The van der Waals surface area contributed by atoms with Crippen LogP contribution < -0.4 is 4.74 Å². The standard InChI is InChI=1S/C14H22O2/c1-5-13(15)11-7-8-14(16-6-2)12(9-11)10(3)4/h7-10,13,15H,5-6H2,1-4H3. The first-order valence-electron chi connectivity index (χ1n) is 6.04. The molecule has 16 heavy (non-hydrogen) atoms. The van der Waals surface area contributed by atoms with Crippen LogP contribution in [-0.2, 0) is 0 Å². The van der Waals surface area contributed by atoms with Gasteiger partial charge < -0.3 is 9.84 Å². The van der Waals surface area contributed by atoms with Crippen molar-refractivity contribution in [2.24, 2.45) is 0 Å². The Kier molecular flexibility index (Phi) is 4.81. The van der Waals surface area contributed by atoms with Crippen LogP contribution in [-0.4, -0.2) is 11.7 Å². The molecule has 0 aliphatic rings. The fraction of sp³-hybridized carbons (Fsp3) is 0.571. The number of hydrogen-bond acceptors (Lipinski definition) is 2. The van der Waals surface area contributed by atoms with Crippen LogP contribution in [0.5, 0.6) is 5.75 Å². The molecule has 1 N–H and O–H groups in total. The molecule has 1 atom stereocenters. The fourth-order valence-corrected chi connectivity index (χ4v) is 1.75. The highest BCUT2D eigenvalue weighted by molar-refractivity contribution is 5.40. The Labute approximate surface area is 98.3 Å². The third-order valence-corrected chi connectivity index (χ3v) is 2.73. The van der Waals surface area contributed by atoms with E-state index >= 15 is 0 Å². The van der Waals surface area contributed by atoms with Gasteiger partial charge in [-0.15, -0.1) is 0 Å². The van der Waals surface area contributed by atoms with Gasteiger partial charge in [0.25, 0.3) is 0 Å². The van der Waals surface area contributed by atoms with Crippen LogP contribution in [0.4, 0.5) is 0 Å². The molecular formula is C14H22O2. The highest BCUT2D eigenvalue weighted by Crippen LogP contribution is 2.30. The monoisotopic (exact) mass is 222 g/mol. The van der Waals surface area contributed by atoms with E-state index in [1.165, 1.54) is 5.56 Å². The Bertz CT molecular complexity index is 332. The van der Waals surface area contributed by atoms with Gasteiger partial charge in [0.1, 0.15) is 5.75 Å². The second-order valence-corrected chi connectivity index (χ2v) is 4.31. The summed E-state index contributed by atoms with van der Waals surface area (Å²) in [5, 5.41) is 9.82. The average molecular weight is 222 g/mol. The van der Waals surface area contributed by atoms with Crippen molar-refractivity contribution in [2.75, 3.05) is 6.61 Å². The van der Waals surface area contributed by atoms with Crippen molar-refractivity contribution in [2.45, 2.75) is 46.1 Å². The van der Waals surface area contributed by atoms with E-state index < -0.39 is 0 Å². The molecule has 0 heterocycles. The first kappa shape index (κ1) is 13.0. The Morgan fingerprint density at radius 3 is 2.44 bits per heavy atom. The van der Waals surface area contributed by atoms with Crippen LogP contribution in [0.2, 0.25) is 0 Å². The van der Waals surface area contributed by atoms with E-state index in [0.29, 0.717) is 12.5 Å². The van der Waals surface area contributed by atoms with Crippen LogP contribution in [0, 0.1) is 0 Å². The molecule has 0 aliphatic carbocycles. The number of ether oxygens (including phenoxy) is 1. The predicted molar refractivity (Wildman–Crippen MR) is 67.0 cm³/mol. The zero-order chi connectivity index (χ0) is 12.1. The maximum atomic E-state index is 9.82. The summed E-state index contributed by atoms with van der Waals surface area (Å²) in [6, 6.07) is 5.97. The Hall–Kier alpha value is -1.02. The van der Waals surface area contributed by atoms with Crippen LogP contribution in [0.1, 0.15) is 57.3 Å². The van der Waals surface area contributed by atoms with E-state index in [-0.39, 0.29) is 6.10 Å². The Morgan fingerprint density at radius 2 is 1.94 bits per heavy atom. The number of aliphatic hydroxyl groups excluding tert-OH is 1. The molecule has 0 aliphatic heterocycles. The third kappa shape index (κ3) is 2.99. The van der Waals surface area contributed by atoms with Gasteiger partial charge >= 0.3 is 0 Å². The molecule has 0 aromatic heterocycles. The highest BCUT2D eigenvalue weighted by atomic mass is 16.5. The lowest BCUT2D eigenvalue weighted by atomic mass is 9.97. The summed E-state index contributed by atoms with van der Waals surface area (Å²) < 4.78 is 5.59. The molecule has 0 spiro atoms. The molecule has 0 saturated heterocycles. The minimum absolute atomic E-state index is 0.367. The van der Waals surface area contributed by atoms with E-state index in [2.05, 4.69) is 19.9 Å². The summed E-state index contributed by atoms with van der Waals surface area (Å²) >= 11 is 0. The van der Waals surface area contributed by atoms with E-state index in [4.69, 9.17) is 4.74 Å². The predicted octanol–water partition coefficient (Wildman–Crippen LogP) is 3.65. The van der Waals surface area contributed by atoms with Gasteiger partial charge in [0, 0.05) is 0 Å². The summed E-state index contributed by atoms with van der Waals surface area (Å²) in [5.41, 5.74) is 2.15. The van der Waals surface area contributed by atoms with Gasteiger partial charge in [0.2, 0.25) is 0 Å². The molecule has 0 radical (unpaired) electrons. The molecule has 0 amide bonds. The second kappa shape index (κ2) is 5.90. The molecule has 1 aromatic carbocycles. The fourth-order valence-electron chi connectivity index (χ4n) is 1.75. The molecule has 1 rings (SSSR count). The maximum absolute atomic E-state index is 9.82. The molecule has 0 fully saturated rings. The molecule has 2 nitrogen and oxygen atoms in total. The van der Waals surface area contributed by atoms with Crippen molar-refractivity contribution in [1.82, 2.24) is 0 Å². The second-order valence-electron chi connectivity index (χ2n) is 4.31. The molecule has 1 unspecified atom stereocenters. The normalized spacial score (nSPS) is 12.9. The van der Waals surface area contributed by atoms with Crippen molar-refractivity contribution < 1.29 is 9.84 Å². The zero-order valence-corrected chi connectivity index (χ0v) is 10.7. The summed E-state index contributed by atoms with van der Waals surface area (Å²) in [6.07, 6.45) is 0.374. The van der Waals surface area contributed by atoms with Gasteiger partial charge in [-0.1, -0.05) is 26.8 Å². The van der Waals surface area contributed by atoms with Crippen LogP contribution in [0.3, 0.4) is 0 Å². The molecule has 0 saturated carbocycles. The van der Waals surface area contributed by atoms with Crippen molar-refractivity contribution in [3.8, 4) is 5.75 Å². The quantitative estimate of drug-likeness (QED) is 0.824. The summed E-state index contributed by atoms with van der Waals surface area (Å²) in [5.74, 6) is 1.34. The summed E-state index contributed by atoms with van der Waals surface area (Å²) in [4.78, 5) is 0. The van der Waals surface area contributed by atoms with Gasteiger partial charge in [-0.3, -0.25) is 0 Å². The Morgan fingerprint density at radius 1 is 1.25 bits per heavy atom. The molecule has 1 aromatic rings. The van der Waals surface area contributed by atoms with Gasteiger partial charge in [0.15, 0.2) is 0 Å². The average Bonchev–Trinajstić information content (AvgIpc) is 2.28. The van der Waals surface area contributed by atoms with Crippen molar-refractivity contribution >= 4 is 0 Å². The maximum Gasteiger partial charge on any atom is 0.122 e. The van der Waals surface area contributed by atoms with Crippen molar-refractivity contribution in [1.29, 1.82) is 0 Å². The van der Waals surface area contributed by atoms with Gasteiger partial charge in [0.05, 0.1) is 12.7 Å². The largest absolute Gasteiger partial charge is 0.494 e. The number of hydrogen-bond donors (Lipinski definition) is 1. The van der Waals surface area contributed by atoms with Crippen molar-refractivity contribution in [3.63, 3.8) is 0 Å². The topological polar surface area (TPSA) is 29.5 Å². The lowest BCUT2D eigenvalue weighted by Crippen LogP contribution is -2.02. The first-order chi connectivity index (χ1) is 7.60. The molecule has 2 heteroatoms. The van der Waals surface area contributed by atoms with E-state index in [0.717, 1.165) is 17.7 Å². The Balaban J connectivity index is 3.07. The third-order valence-electron chi connectivity index (χ3n) is 2.73. The van der Waals surface area contributed by atoms with Gasteiger partial charge in [-0.2, -0.15) is 0 Å². The SMILES string of the molecule is CCOc1ccc(C(O)CC)cc1C(C)C. The van der Waals surface area contributed by atoms with Gasteiger partial charge in [-0.05, 0) is 42.5 Å². The lowest BCUT2D eigenvalue weighted by molar-refractivity contribution is 0.173. The molecule has 0 bridgehead atoms. The van der Waals surface area contributed by atoms with Gasteiger partial charge in [-0.25, -0.2) is 0 Å². The highest BCUT2D eigenvalue weighted by Gasteiger charge is 2.12. The van der Waals surface area contributed by atoms with Crippen LogP contribution >= 0.6 is 0 Å². The van der Waals surface area contributed by atoms with Crippen LogP contribution in [0.25, 0.3) is 0 Å². The molecular weight excluding hydrogens is 200 g/mol. The summed E-state index contributed by atoms with van der Waals surface area (Å²) in [6.45, 7) is 8.92. The molecule has 90 valence electrons. The number of benzene rings is 1. The minimum Gasteiger partial charge on any atom is -0.494 e. The zero-order valence-electron chi connectivity index (χ0n) is 10.7. The smallest absolute Gasteiger partial charge is 0.122 e. The summed E-state index contributed by atoms with van der Waals surface area (Å²) in [7, 11) is 0. The number of rotatable bonds is 5. The van der Waals surface area contributed by atoms with E-state index in [1.807, 2.05) is 26.0 Å². The number of aliphatic hydroxyl groups is 1. The first-order valence-corrected chi connectivity index (χ1v) is 6.04. The minimum atomic E-state index is -0.367. The van der Waals surface area contributed by atoms with Crippen LogP contribution in [0.15, 0.2) is 18.2 Å². The van der Waals surface area contributed by atoms with E-state index in [9.17, 15) is 5.11 Å².